The Morgan fingerprint density at radius 3 is 2.58 bits per heavy atom. The first kappa shape index (κ1) is 16.3. The zero-order valence-corrected chi connectivity index (χ0v) is 14.5. The summed E-state index contributed by atoms with van der Waals surface area (Å²) < 4.78 is 21.9. The van der Waals surface area contributed by atoms with Crippen LogP contribution in [0.25, 0.3) is 22.5 Å². The molecule has 0 spiro atoms. The zero-order valence-electron chi connectivity index (χ0n) is 12.9. The Hall–Kier alpha value is -2.54. The summed E-state index contributed by atoms with van der Waals surface area (Å²) in [6, 6.07) is 10.1. The van der Waals surface area contributed by atoms with E-state index in [1.54, 1.807) is 36.4 Å². The molecule has 0 bridgehead atoms. The van der Waals surface area contributed by atoms with Gasteiger partial charge in [0.1, 0.15) is 5.58 Å². The third-order valence-electron chi connectivity index (χ3n) is 3.38. The summed E-state index contributed by atoms with van der Waals surface area (Å²) in [5, 5.41) is 0.346. The van der Waals surface area contributed by atoms with E-state index in [1.165, 1.54) is 14.0 Å². The fourth-order valence-electron chi connectivity index (χ4n) is 2.22. The molecular formula is C17H13BrO6. The van der Waals surface area contributed by atoms with Crippen molar-refractivity contribution in [1.82, 2.24) is 0 Å². The molecule has 0 radical (unpaired) electrons. The van der Waals surface area contributed by atoms with Crippen LogP contribution in [0.5, 0.6) is 5.75 Å². The first-order chi connectivity index (χ1) is 11.5. The van der Waals surface area contributed by atoms with E-state index < -0.39 is 17.5 Å². The van der Waals surface area contributed by atoms with Gasteiger partial charge in [0.25, 0.3) is 0 Å². The molecule has 0 aliphatic heterocycles. The number of hydrogen-bond acceptors (Lipinski definition) is 6. The van der Waals surface area contributed by atoms with Crippen molar-refractivity contribution >= 4 is 32.9 Å². The highest BCUT2D eigenvalue weighted by Gasteiger charge is 2.24. The van der Waals surface area contributed by atoms with Gasteiger partial charge in [0.2, 0.25) is 16.9 Å². The first-order valence-corrected chi connectivity index (χ1v) is 7.86. The van der Waals surface area contributed by atoms with Crippen LogP contribution in [0.15, 0.2) is 54.7 Å². The molecule has 0 unspecified atom stereocenters. The van der Waals surface area contributed by atoms with Gasteiger partial charge in [-0.15, -0.1) is 0 Å². The van der Waals surface area contributed by atoms with Crippen LogP contribution in [0, 0.1) is 0 Å². The number of methoxy groups -OCH3 is 1. The molecule has 0 N–H and O–H groups in total. The number of rotatable bonds is 4. The summed E-state index contributed by atoms with van der Waals surface area (Å²) in [6.07, 6.45) is -0.976. The number of carbonyl (C=O) groups is 1. The summed E-state index contributed by atoms with van der Waals surface area (Å²) in [4.78, 5) is 24.4. The van der Waals surface area contributed by atoms with E-state index in [0.717, 1.165) is 0 Å². The molecule has 3 aromatic rings. The number of halogens is 1. The molecule has 3 rings (SSSR count). The Balaban J connectivity index is 2.22. The van der Waals surface area contributed by atoms with Crippen molar-refractivity contribution in [3.8, 4) is 17.3 Å². The number of esters is 1. The van der Waals surface area contributed by atoms with Gasteiger partial charge < -0.3 is 18.3 Å². The van der Waals surface area contributed by atoms with Crippen LogP contribution >= 0.6 is 15.9 Å². The standard InChI is InChI=1S/C17H13BrO6/c1-9(17(20)21-2)22-16-14(19)10-5-3-4-6-11(10)24-15(16)12-7-8-13(18)23-12/h3-9H,1-2H3/t9-/m1/s1. The van der Waals surface area contributed by atoms with E-state index in [1.807, 2.05) is 0 Å². The van der Waals surface area contributed by atoms with Crippen molar-refractivity contribution in [3.05, 3.63) is 51.3 Å². The molecule has 0 saturated heterocycles. The van der Waals surface area contributed by atoms with E-state index in [2.05, 4.69) is 20.7 Å². The van der Waals surface area contributed by atoms with Crippen LogP contribution in [0.1, 0.15) is 6.92 Å². The highest BCUT2D eigenvalue weighted by molar-refractivity contribution is 9.10. The molecule has 24 heavy (non-hydrogen) atoms. The summed E-state index contributed by atoms with van der Waals surface area (Å²) in [6.45, 7) is 1.49. The third kappa shape index (κ3) is 2.94. The number of benzene rings is 1. The van der Waals surface area contributed by atoms with Gasteiger partial charge in [-0.2, -0.15) is 0 Å². The van der Waals surface area contributed by atoms with Crippen LogP contribution in [-0.4, -0.2) is 19.2 Å². The van der Waals surface area contributed by atoms with Crippen molar-refractivity contribution in [2.45, 2.75) is 13.0 Å². The molecule has 2 heterocycles. The summed E-state index contributed by atoms with van der Waals surface area (Å²) in [5.41, 5.74) is -0.00165. The molecule has 0 saturated carbocycles. The Morgan fingerprint density at radius 1 is 1.17 bits per heavy atom. The van der Waals surface area contributed by atoms with E-state index >= 15 is 0 Å². The summed E-state index contributed by atoms with van der Waals surface area (Å²) in [5.74, 6) is -0.292. The van der Waals surface area contributed by atoms with Crippen molar-refractivity contribution in [2.75, 3.05) is 7.11 Å². The van der Waals surface area contributed by atoms with Gasteiger partial charge in [-0.1, -0.05) is 12.1 Å². The number of hydrogen-bond donors (Lipinski definition) is 0. The largest absolute Gasteiger partial charge is 0.471 e. The lowest BCUT2D eigenvalue weighted by molar-refractivity contribution is -0.147. The molecule has 0 fully saturated rings. The maximum absolute atomic E-state index is 12.8. The van der Waals surface area contributed by atoms with Crippen molar-refractivity contribution < 1.29 is 23.1 Å². The number of carbonyl (C=O) groups excluding carboxylic acids is 1. The zero-order chi connectivity index (χ0) is 17.3. The van der Waals surface area contributed by atoms with Crippen molar-refractivity contribution in [3.63, 3.8) is 0 Å². The molecule has 124 valence electrons. The lowest BCUT2D eigenvalue weighted by Gasteiger charge is -2.14. The Morgan fingerprint density at radius 2 is 1.92 bits per heavy atom. The average molecular weight is 393 g/mol. The van der Waals surface area contributed by atoms with Gasteiger partial charge in [-0.25, -0.2) is 4.79 Å². The Labute approximate surface area is 145 Å². The fraction of sp³-hybridized carbons (Fsp3) is 0.176. The van der Waals surface area contributed by atoms with Gasteiger partial charge in [-0.3, -0.25) is 4.79 Å². The van der Waals surface area contributed by atoms with Crippen LogP contribution < -0.4 is 10.2 Å². The summed E-state index contributed by atoms with van der Waals surface area (Å²) in [7, 11) is 1.25. The average Bonchev–Trinajstić information content (AvgIpc) is 3.02. The number of para-hydroxylation sites is 1. The van der Waals surface area contributed by atoms with E-state index in [-0.39, 0.29) is 11.5 Å². The van der Waals surface area contributed by atoms with E-state index in [4.69, 9.17) is 13.6 Å². The molecule has 1 atom stereocenters. The molecule has 0 aliphatic rings. The van der Waals surface area contributed by atoms with Crippen molar-refractivity contribution in [1.29, 1.82) is 0 Å². The lowest BCUT2D eigenvalue weighted by Crippen LogP contribution is -2.27. The smallest absolute Gasteiger partial charge is 0.346 e. The minimum atomic E-state index is -0.976. The topological polar surface area (TPSA) is 78.9 Å². The number of ether oxygens (including phenoxy) is 2. The van der Waals surface area contributed by atoms with Crippen LogP contribution in [0.4, 0.5) is 0 Å². The Kier molecular flexibility index (Phi) is 4.44. The Bertz CT molecular complexity index is 955. The second-order valence-electron chi connectivity index (χ2n) is 4.97. The fourth-order valence-corrected chi connectivity index (χ4v) is 2.53. The van der Waals surface area contributed by atoms with Crippen LogP contribution in [0.2, 0.25) is 0 Å². The predicted molar refractivity (Wildman–Crippen MR) is 90.0 cm³/mol. The van der Waals surface area contributed by atoms with Gasteiger partial charge in [0.05, 0.1) is 12.5 Å². The second kappa shape index (κ2) is 6.52. The SMILES string of the molecule is COC(=O)[C@@H](C)Oc1c(-c2ccc(Br)o2)oc2ccccc2c1=O. The predicted octanol–water partition coefficient (Wildman–Crippen LogP) is 3.76. The van der Waals surface area contributed by atoms with E-state index in [0.29, 0.717) is 21.4 Å². The highest BCUT2D eigenvalue weighted by Crippen LogP contribution is 2.33. The summed E-state index contributed by atoms with van der Waals surface area (Å²) >= 11 is 3.21. The maximum Gasteiger partial charge on any atom is 0.346 e. The maximum atomic E-state index is 12.8. The highest BCUT2D eigenvalue weighted by atomic mass is 79.9. The molecule has 2 aromatic heterocycles. The molecule has 0 amide bonds. The first-order valence-electron chi connectivity index (χ1n) is 7.07. The molecule has 1 aromatic carbocycles. The van der Waals surface area contributed by atoms with Crippen LogP contribution in [0.3, 0.4) is 0 Å². The van der Waals surface area contributed by atoms with Gasteiger partial charge >= 0.3 is 5.97 Å². The monoisotopic (exact) mass is 392 g/mol. The quantitative estimate of drug-likeness (QED) is 0.629. The van der Waals surface area contributed by atoms with Crippen molar-refractivity contribution in [2.24, 2.45) is 0 Å². The third-order valence-corrected chi connectivity index (χ3v) is 3.81. The van der Waals surface area contributed by atoms with Gasteiger partial charge in [0, 0.05) is 0 Å². The van der Waals surface area contributed by atoms with E-state index in [9.17, 15) is 9.59 Å². The molecule has 6 nitrogen and oxygen atoms in total. The van der Waals surface area contributed by atoms with Gasteiger partial charge in [0.15, 0.2) is 16.5 Å². The normalized spacial score (nSPS) is 12.1. The number of furan rings is 1. The minimum Gasteiger partial charge on any atom is -0.471 e. The molecule has 7 heteroatoms. The van der Waals surface area contributed by atoms with Gasteiger partial charge in [-0.05, 0) is 47.1 Å². The second-order valence-corrected chi connectivity index (χ2v) is 5.75. The molecular weight excluding hydrogens is 380 g/mol. The number of fused-ring (bicyclic) bond motifs is 1. The lowest BCUT2D eigenvalue weighted by atomic mass is 10.2. The van der Waals surface area contributed by atoms with Crippen LogP contribution in [-0.2, 0) is 9.53 Å². The molecule has 0 aliphatic carbocycles. The minimum absolute atomic E-state index is 0.103.